The minimum absolute atomic E-state index is 0.00142. The van der Waals surface area contributed by atoms with E-state index in [4.69, 9.17) is 4.74 Å². The normalized spacial score (nSPS) is 29.6. The first-order valence-electron chi connectivity index (χ1n) is 9.24. The third-order valence-corrected chi connectivity index (χ3v) is 5.90. The number of rotatable bonds is 4. The Balaban J connectivity index is 1.64. The lowest BCUT2D eigenvalue weighted by Gasteiger charge is -2.35. The molecule has 0 radical (unpaired) electrons. The van der Waals surface area contributed by atoms with Gasteiger partial charge in [0.2, 0.25) is 11.8 Å². The summed E-state index contributed by atoms with van der Waals surface area (Å²) in [5.74, 6) is 1.58. The smallest absolute Gasteiger partial charge is 0.227 e. The molecule has 0 spiro atoms. The lowest BCUT2D eigenvalue weighted by atomic mass is 9.78. The molecular weight excluding hydrogens is 316 g/mol. The van der Waals surface area contributed by atoms with Crippen molar-refractivity contribution in [2.75, 3.05) is 18.6 Å². The lowest BCUT2D eigenvalue weighted by molar-refractivity contribution is -0.127. The molecule has 1 saturated heterocycles. The summed E-state index contributed by atoms with van der Waals surface area (Å²) < 4.78 is 5.23. The van der Waals surface area contributed by atoms with E-state index in [9.17, 15) is 9.59 Å². The highest BCUT2D eigenvalue weighted by Crippen LogP contribution is 2.31. The predicted octanol–water partition coefficient (Wildman–Crippen LogP) is 2.99. The fourth-order valence-corrected chi connectivity index (χ4v) is 4.00. The first-order chi connectivity index (χ1) is 12.0. The highest BCUT2D eigenvalue weighted by molar-refractivity contribution is 6.00. The van der Waals surface area contributed by atoms with E-state index >= 15 is 0 Å². The van der Waals surface area contributed by atoms with Crippen LogP contribution in [0.3, 0.4) is 0 Å². The first-order valence-corrected chi connectivity index (χ1v) is 9.24. The van der Waals surface area contributed by atoms with Crippen molar-refractivity contribution in [3.05, 3.63) is 24.3 Å². The maximum Gasteiger partial charge on any atom is 0.227 e. The molecule has 4 unspecified atom stereocenters. The molecule has 1 aliphatic carbocycles. The van der Waals surface area contributed by atoms with Crippen molar-refractivity contribution >= 4 is 17.5 Å². The van der Waals surface area contributed by atoms with Crippen molar-refractivity contribution in [3.63, 3.8) is 0 Å². The van der Waals surface area contributed by atoms with Gasteiger partial charge in [-0.2, -0.15) is 0 Å². The number of anilines is 1. The summed E-state index contributed by atoms with van der Waals surface area (Å²) in [6.45, 7) is 4.91. The molecule has 1 aromatic carbocycles. The largest absolute Gasteiger partial charge is 0.497 e. The third kappa shape index (κ3) is 3.80. The van der Waals surface area contributed by atoms with E-state index in [1.807, 2.05) is 24.3 Å². The summed E-state index contributed by atoms with van der Waals surface area (Å²) in [6.07, 6.45) is 3.71. The molecule has 25 heavy (non-hydrogen) atoms. The SMILES string of the molecule is COc1cccc(N2CC(C(=O)NC3CCCC(C)C3C)CC2=O)c1. The third-order valence-electron chi connectivity index (χ3n) is 5.90. The molecule has 1 heterocycles. The Labute approximate surface area is 149 Å². The zero-order chi connectivity index (χ0) is 18.0. The minimum Gasteiger partial charge on any atom is -0.497 e. The highest BCUT2D eigenvalue weighted by Gasteiger charge is 2.37. The van der Waals surface area contributed by atoms with Crippen molar-refractivity contribution in [2.24, 2.45) is 17.8 Å². The van der Waals surface area contributed by atoms with Crippen LogP contribution in [-0.4, -0.2) is 31.5 Å². The fraction of sp³-hybridized carbons (Fsp3) is 0.600. The van der Waals surface area contributed by atoms with Crippen LogP contribution in [0, 0.1) is 17.8 Å². The number of carbonyl (C=O) groups excluding carboxylic acids is 2. The molecule has 3 rings (SSSR count). The number of ether oxygens (including phenoxy) is 1. The summed E-state index contributed by atoms with van der Waals surface area (Å²) in [6, 6.07) is 7.66. The Bertz CT molecular complexity index is 646. The van der Waals surface area contributed by atoms with Gasteiger partial charge in [0.1, 0.15) is 5.75 Å². The van der Waals surface area contributed by atoms with Crippen molar-refractivity contribution in [1.29, 1.82) is 0 Å². The van der Waals surface area contributed by atoms with Crippen LogP contribution in [-0.2, 0) is 9.59 Å². The van der Waals surface area contributed by atoms with Gasteiger partial charge in [-0.25, -0.2) is 0 Å². The van der Waals surface area contributed by atoms with E-state index in [0.29, 0.717) is 24.1 Å². The quantitative estimate of drug-likeness (QED) is 0.913. The average molecular weight is 344 g/mol. The maximum absolute atomic E-state index is 12.7. The molecule has 2 aliphatic rings. The number of benzene rings is 1. The van der Waals surface area contributed by atoms with Crippen LogP contribution in [0.15, 0.2) is 24.3 Å². The summed E-state index contributed by atoms with van der Waals surface area (Å²) in [5, 5.41) is 3.21. The lowest BCUT2D eigenvalue weighted by Crippen LogP contribution is -2.46. The van der Waals surface area contributed by atoms with Crippen LogP contribution < -0.4 is 15.0 Å². The highest BCUT2D eigenvalue weighted by atomic mass is 16.5. The average Bonchev–Trinajstić information content (AvgIpc) is 3.01. The molecule has 4 atom stereocenters. The molecule has 1 aromatic rings. The molecule has 0 aromatic heterocycles. The molecule has 5 nitrogen and oxygen atoms in total. The Morgan fingerprint density at radius 1 is 1.28 bits per heavy atom. The maximum atomic E-state index is 12.7. The van der Waals surface area contributed by atoms with Crippen molar-refractivity contribution in [1.82, 2.24) is 5.32 Å². The van der Waals surface area contributed by atoms with Gasteiger partial charge in [-0.3, -0.25) is 9.59 Å². The van der Waals surface area contributed by atoms with Crippen molar-refractivity contribution in [2.45, 2.75) is 45.6 Å². The monoisotopic (exact) mass is 344 g/mol. The van der Waals surface area contributed by atoms with E-state index in [1.54, 1.807) is 12.0 Å². The molecule has 2 fully saturated rings. The van der Waals surface area contributed by atoms with E-state index in [0.717, 1.165) is 18.5 Å². The van der Waals surface area contributed by atoms with E-state index < -0.39 is 0 Å². The fourth-order valence-electron chi connectivity index (χ4n) is 4.00. The number of amides is 2. The van der Waals surface area contributed by atoms with Gasteiger partial charge >= 0.3 is 0 Å². The molecule has 1 aliphatic heterocycles. The van der Waals surface area contributed by atoms with Crippen LogP contribution in [0.2, 0.25) is 0 Å². The molecule has 5 heteroatoms. The van der Waals surface area contributed by atoms with E-state index in [-0.39, 0.29) is 30.2 Å². The number of nitrogens with one attached hydrogen (secondary N) is 1. The van der Waals surface area contributed by atoms with Gasteiger partial charge in [0, 0.05) is 30.8 Å². The van der Waals surface area contributed by atoms with Gasteiger partial charge in [-0.05, 0) is 30.4 Å². The number of nitrogens with zero attached hydrogens (tertiary/aromatic N) is 1. The Hall–Kier alpha value is -2.04. The Morgan fingerprint density at radius 2 is 2.08 bits per heavy atom. The Kier molecular flexibility index (Phi) is 5.30. The molecular formula is C20H28N2O3. The molecule has 0 bridgehead atoms. The summed E-state index contributed by atoms with van der Waals surface area (Å²) in [4.78, 5) is 26.8. The molecule has 1 saturated carbocycles. The minimum atomic E-state index is -0.275. The summed E-state index contributed by atoms with van der Waals surface area (Å²) in [7, 11) is 1.60. The number of carbonyl (C=O) groups is 2. The van der Waals surface area contributed by atoms with Crippen LogP contribution >= 0.6 is 0 Å². The topological polar surface area (TPSA) is 58.6 Å². The number of methoxy groups -OCH3 is 1. The van der Waals surface area contributed by atoms with Crippen molar-refractivity contribution in [3.8, 4) is 5.75 Å². The second-order valence-electron chi connectivity index (χ2n) is 7.49. The summed E-state index contributed by atoms with van der Waals surface area (Å²) in [5.41, 5.74) is 0.791. The summed E-state index contributed by atoms with van der Waals surface area (Å²) >= 11 is 0. The standard InChI is InChI=1S/C20H28N2O3/c1-13-6-4-9-18(14(13)2)21-20(24)15-10-19(23)22(12-15)16-7-5-8-17(11-16)25-3/h5,7-8,11,13-15,18H,4,6,9-10,12H2,1-3H3,(H,21,24). The number of hydrogen-bond donors (Lipinski definition) is 1. The van der Waals surface area contributed by atoms with Crippen LogP contribution in [0.4, 0.5) is 5.69 Å². The van der Waals surface area contributed by atoms with E-state index in [2.05, 4.69) is 19.2 Å². The van der Waals surface area contributed by atoms with E-state index in [1.165, 1.54) is 6.42 Å². The first kappa shape index (κ1) is 17.8. The Morgan fingerprint density at radius 3 is 2.84 bits per heavy atom. The van der Waals surface area contributed by atoms with Gasteiger partial charge in [0.15, 0.2) is 0 Å². The second-order valence-corrected chi connectivity index (χ2v) is 7.49. The van der Waals surface area contributed by atoms with Gasteiger partial charge in [0.25, 0.3) is 0 Å². The van der Waals surface area contributed by atoms with Crippen molar-refractivity contribution < 1.29 is 14.3 Å². The van der Waals surface area contributed by atoms with Gasteiger partial charge in [-0.1, -0.05) is 32.8 Å². The van der Waals surface area contributed by atoms with Crippen LogP contribution in [0.1, 0.15) is 39.5 Å². The van der Waals surface area contributed by atoms with Gasteiger partial charge in [0.05, 0.1) is 13.0 Å². The molecule has 2 amide bonds. The second kappa shape index (κ2) is 7.46. The van der Waals surface area contributed by atoms with Gasteiger partial charge < -0.3 is 15.0 Å². The zero-order valence-electron chi connectivity index (χ0n) is 15.3. The molecule has 136 valence electrons. The van der Waals surface area contributed by atoms with Crippen LogP contribution in [0.25, 0.3) is 0 Å². The van der Waals surface area contributed by atoms with Gasteiger partial charge in [-0.15, -0.1) is 0 Å². The predicted molar refractivity (Wildman–Crippen MR) is 97.6 cm³/mol. The number of hydrogen-bond acceptors (Lipinski definition) is 3. The molecule has 1 N–H and O–H groups in total. The zero-order valence-corrected chi connectivity index (χ0v) is 15.3. The van der Waals surface area contributed by atoms with Crippen LogP contribution in [0.5, 0.6) is 5.75 Å².